The Hall–Kier alpha value is -1.63. The summed E-state index contributed by atoms with van der Waals surface area (Å²) in [7, 11) is 1.80. The first-order valence-electron chi connectivity index (χ1n) is 7.78. The van der Waals surface area contributed by atoms with Crippen LogP contribution in [0.5, 0.6) is 6.01 Å². The van der Waals surface area contributed by atoms with Crippen molar-refractivity contribution in [2.75, 3.05) is 43.6 Å². The largest absolute Gasteiger partial charge is 0.461 e. The maximum atomic E-state index is 5.73. The third-order valence-corrected chi connectivity index (χ3v) is 3.89. The molecule has 7 heteroatoms. The van der Waals surface area contributed by atoms with E-state index in [1.54, 1.807) is 7.05 Å². The number of aromatic nitrogens is 3. The van der Waals surface area contributed by atoms with Gasteiger partial charge in [-0.3, -0.25) is 0 Å². The van der Waals surface area contributed by atoms with E-state index in [0.29, 0.717) is 24.5 Å². The summed E-state index contributed by atoms with van der Waals surface area (Å²) in [6.07, 6.45) is 5.92. The molecule has 0 bridgehead atoms. The van der Waals surface area contributed by atoms with Crippen LogP contribution < -0.4 is 15.0 Å². The fraction of sp³-hybridized carbons (Fsp3) is 0.786. The molecule has 21 heavy (non-hydrogen) atoms. The Balaban J connectivity index is 1.66. The van der Waals surface area contributed by atoms with Crippen molar-refractivity contribution in [2.24, 2.45) is 0 Å². The molecule has 1 N–H and O–H groups in total. The van der Waals surface area contributed by atoms with Crippen molar-refractivity contribution >= 4 is 11.9 Å². The molecule has 1 atom stereocenters. The van der Waals surface area contributed by atoms with Gasteiger partial charge >= 0.3 is 6.01 Å². The van der Waals surface area contributed by atoms with Crippen LogP contribution in [0.2, 0.25) is 0 Å². The molecule has 3 heterocycles. The third-order valence-electron chi connectivity index (χ3n) is 3.89. The number of nitrogens with zero attached hydrogens (tertiary/aromatic N) is 4. The topological polar surface area (TPSA) is 72.4 Å². The zero-order valence-corrected chi connectivity index (χ0v) is 12.5. The van der Waals surface area contributed by atoms with Crippen molar-refractivity contribution in [3.05, 3.63) is 0 Å². The number of ether oxygens (including phenoxy) is 2. The smallest absolute Gasteiger partial charge is 0.323 e. The van der Waals surface area contributed by atoms with Gasteiger partial charge in [-0.15, -0.1) is 0 Å². The van der Waals surface area contributed by atoms with E-state index in [1.807, 2.05) is 0 Å². The minimum absolute atomic E-state index is 0.156. The lowest BCUT2D eigenvalue weighted by Crippen LogP contribution is -2.27. The molecule has 0 spiro atoms. The predicted molar refractivity (Wildman–Crippen MR) is 79.9 cm³/mol. The van der Waals surface area contributed by atoms with Crippen molar-refractivity contribution in [3.63, 3.8) is 0 Å². The predicted octanol–water partition coefficient (Wildman–Crippen LogP) is 1.46. The Labute approximate surface area is 125 Å². The monoisotopic (exact) mass is 293 g/mol. The standard InChI is InChI=1S/C14H23N5O2/c1-15-12-16-13(19-7-3-4-8-19)18-14(17-12)21-10-11-6-2-5-9-20-11/h11H,2-10H2,1H3,(H,15,16,17,18). The van der Waals surface area contributed by atoms with Crippen molar-refractivity contribution in [3.8, 4) is 6.01 Å². The van der Waals surface area contributed by atoms with Gasteiger partial charge in [-0.25, -0.2) is 0 Å². The van der Waals surface area contributed by atoms with Gasteiger partial charge < -0.3 is 19.7 Å². The lowest BCUT2D eigenvalue weighted by Gasteiger charge is -2.22. The van der Waals surface area contributed by atoms with Crippen molar-refractivity contribution < 1.29 is 9.47 Å². The van der Waals surface area contributed by atoms with Crippen LogP contribution in [0.15, 0.2) is 0 Å². The van der Waals surface area contributed by atoms with Crippen LogP contribution in [0.25, 0.3) is 0 Å². The second-order valence-electron chi connectivity index (χ2n) is 5.49. The fourth-order valence-corrected chi connectivity index (χ4v) is 2.69. The van der Waals surface area contributed by atoms with Gasteiger partial charge in [-0.1, -0.05) is 0 Å². The van der Waals surface area contributed by atoms with E-state index in [0.717, 1.165) is 32.5 Å². The van der Waals surface area contributed by atoms with Gasteiger partial charge in [-0.2, -0.15) is 15.0 Å². The molecule has 1 aromatic rings. The number of nitrogens with one attached hydrogen (secondary N) is 1. The maximum absolute atomic E-state index is 5.73. The zero-order valence-electron chi connectivity index (χ0n) is 12.5. The average molecular weight is 293 g/mol. The molecule has 2 saturated heterocycles. The molecule has 2 aliphatic rings. The van der Waals surface area contributed by atoms with E-state index < -0.39 is 0 Å². The molecule has 1 unspecified atom stereocenters. The average Bonchev–Trinajstić information content (AvgIpc) is 3.08. The van der Waals surface area contributed by atoms with Gasteiger partial charge in [0.1, 0.15) is 6.61 Å². The summed E-state index contributed by atoms with van der Waals surface area (Å²) < 4.78 is 11.4. The van der Waals surface area contributed by atoms with Gasteiger partial charge in [0.15, 0.2) is 0 Å². The molecule has 7 nitrogen and oxygen atoms in total. The Morgan fingerprint density at radius 2 is 2.05 bits per heavy atom. The lowest BCUT2D eigenvalue weighted by atomic mass is 10.1. The second kappa shape index (κ2) is 6.89. The Kier molecular flexibility index (Phi) is 4.69. The third kappa shape index (κ3) is 3.72. The van der Waals surface area contributed by atoms with Crippen LogP contribution in [-0.4, -0.2) is 54.4 Å². The van der Waals surface area contributed by atoms with Crippen LogP contribution in [0.3, 0.4) is 0 Å². The molecule has 0 saturated carbocycles. The summed E-state index contributed by atoms with van der Waals surface area (Å²) in [5.74, 6) is 1.25. The minimum atomic E-state index is 0.156. The summed E-state index contributed by atoms with van der Waals surface area (Å²) in [6, 6.07) is 0.380. The van der Waals surface area contributed by atoms with Crippen LogP contribution >= 0.6 is 0 Å². The highest BCUT2D eigenvalue weighted by molar-refractivity contribution is 5.38. The van der Waals surface area contributed by atoms with Gasteiger partial charge in [0.2, 0.25) is 11.9 Å². The van der Waals surface area contributed by atoms with Gasteiger partial charge in [0.05, 0.1) is 6.10 Å². The first kappa shape index (κ1) is 14.3. The van der Waals surface area contributed by atoms with Gasteiger partial charge in [0, 0.05) is 26.7 Å². The molecule has 3 rings (SSSR count). The molecular weight excluding hydrogens is 270 g/mol. The quantitative estimate of drug-likeness (QED) is 0.881. The fourth-order valence-electron chi connectivity index (χ4n) is 2.69. The SMILES string of the molecule is CNc1nc(OCC2CCCCO2)nc(N2CCCC2)n1. The summed E-state index contributed by atoms with van der Waals surface area (Å²) >= 11 is 0. The van der Waals surface area contributed by atoms with Crippen LogP contribution in [0.1, 0.15) is 32.1 Å². The molecule has 0 aromatic carbocycles. The van der Waals surface area contributed by atoms with Crippen LogP contribution in [-0.2, 0) is 4.74 Å². The second-order valence-corrected chi connectivity index (χ2v) is 5.49. The highest BCUT2D eigenvalue weighted by Gasteiger charge is 2.19. The molecule has 0 amide bonds. The summed E-state index contributed by atoms with van der Waals surface area (Å²) in [6.45, 7) is 3.33. The molecular formula is C14H23N5O2. The Bertz CT molecular complexity index is 459. The number of rotatable bonds is 5. The number of hydrogen-bond acceptors (Lipinski definition) is 7. The first-order chi connectivity index (χ1) is 10.3. The maximum Gasteiger partial charge on any atom is 0.323 e. The summed E-state index contributed by atoms with van der Waals surface area (Å²) in [5.41, 5.74) is 0. The van der Waals surface area contributed by atoms with Crippen molar-refractivity contribution in [1.82, 2.24) is 15.0 Å². The minimum Gasteiger partial charge on any atom is -0.461 e. The van der Waals surface area contributed by atoms with Crippen LogP contribution in [0.4, 0.5) is 11.9 Å². The Morgan fingerprint density at radius 3 is 2.76 bits per heavy atom. The van der Waals surface area contributed by atoms with E-state index >= 15 is 0 Å². The van der Waals surface area contributed by atoms with E-state index in [9.17, 15) is 0 Å². The van der Waals surface area contributed by atoms with Crippen LogP contribution in [0, 0.1) is 0 Å². The molecule has 116 valence electrons. The highest BCUT2D eigenvalue weighted by Crippen LogP contribution is 2.20. The van der Waals surface area contributed by atoms with Crippen molar-refractivity contribution in [1.29, 1.82) is 0 Å². The number of hydrogen-bond donors (Lipinski definition) is 1. The zero-order chi connectivity index (χ0) is 14.5. The van der Waals surface area contributed by atoms with Gasteiger partial charge in [-0.05, 0) is 32.1 Å². The van der Waals surface area contributed by atoms with E-state index in [-0.39, 0.29) is 6.10 Å². The Morgan fingerprint density at radius 1 is 1.19 bits per heavy atom. The lowest BCUT2D eigenvalue weighted by molar-refractivity contribution is -0.0129. The molecule has 0 radical (unpaired) electrons. The summed E-state index contributed by atoms with van der Waals surface area (Å²) in [5, 5.41) is 2.97. The molecule has 2 aliphatic heterocycles. The molecule has 2 fully saturated rings. The van der Waals surface area contributed by atoms with E-state index in [1.165, 1.54) is 19.3 Å². The number of anilines is 2. The normalized spacial score (nSPS) is 22.3. The van der Waals surface area contributed by atoms with Gasteiger partial charge in [0.25, 0.3) is 0 Å². The molecule has 1 aromatic heterocycles. The van der Waals surface area contributed by atoms with E-state index in [2.05, 4.69) is 25.2 Å². The molecule has 0 aliphatic carbocycles. The highest BCUT2D eigenvalue weighted by atomic mass is 16.5. The summed E-state index contributed by atoms with van der Waals surface area (Å²) in [4.78, 5) is 15.3. The van der Waals surface area contributed by atoms with Crippen molar-refractivity contribution in [2.45, 2.75) is 38.2 Å². The van der Waals surface area contributed by atoms with E-state index in [4.69, 9.17) is 9.47 Å². The first-order valence-corrected chi connectivity index (χ1v) is 7.78.